The summed E-state index contributed by atoms with van der Waals surface area (Å²) < 4.78 is 0. The molecule has 0 aliphatic heterocycles. The fourth-order valence-corrected chi connectivity index (χ4v) is 1.39. The highest BCUT2D eigenvalue weighted by Gasteiger charge is 2.09. The molecule has 0 saturated carbocycles. The van der Waals surface area contributed by atoms with E-state index in [1.165, 1.54) is 0 Å². The molecule has 1 heterocycles. The first-order valence-electron chi connectivity index (χ1n) is 6.05. The van der Waals surface area contributed by atoms with Gasteiger partial charge in [-0.1, -0.05) is 6.92 Å². The molecule has 0 bridgehead atoms. The number of nitrogens with one attached hydrogen (secondary N) is 2. The second-order valence-electron chi connectivity index (χ2n) is 4.54. The van der Waals surface area contributed by atoms with Crippen LogP contribution in [0.3, 0.4) is 0 Å². The molecule has 0 fully saturated rings. The average molecular weight is 235 g/mol. The third-order valence-corrected chi connectivity index (χ3v) is 2.45. The van der Waals surface area contributed by atoms with E-state index in [4.69, 9.17) is 0 Å². The summed E-state index contributed by atoms with van der Waals surface area (Å²) in [7, 11) is 0. The smallest absolute Gasteiger partial charge is 0.253 e. The van der Waals surface area contributed by atoms with Crippen molar-refractivity contribution in [1.29, 1.82) is 0 Å². The lowest BCUT2D eigenvalue weighted by atomic mass is 10.2. The minimum Gasteiger partial charge on any atom is -0.382 e. The molecular formula is C13H21N3O. The normalized spacial score (nSPS) is 12.3. The minimum atomic E-state index is -0.0701. The van der Waals surface area contributed by atoms with Crippen LogP contribution in [0.2, 0.25) is 0 Å². The van der Waals surface area contributed by atoms with E-state index in [2.05, 4.69) is 15.6 Å². The summed E-state index contributed by atoms with van der Waals surface area (Å²) in [5, 5.41) is 6.14. The average Bonchev–Trinajstić information content (AvgIpc) is 2.28. The molecule has 1 amide bonds. The number of amides is 1. The highest BCUT2D eigenvalue weighted by Crippen LogP contribution is 2.10. The first kappa shape index (κ1) is 13.5. The highest BCUT2D eigenvalue weighted by atomic mass is 16.1. The number of carbonyl (C=O) groups excluding carboxylic acids is 1. The Labute approximate surface area is 103 Å². The largest absolute Gasteiger partial charge is 0.382 e. The Bertz CT molecular complexity index is 377. The van der Waals surface area contributed by atoms with Crippen molar-refractivity contribution < 1.29 is 4.79 Å². The summed E-state index contributed by atoms with van der Waals surface area (Å²) in [5.74, 6) is -0.0701. The van der Waals surface area contributed by atoms with Gasteiger partial charge in [0.15, 0.2) is 0 Å². The van der Waals surface area contributed by atoms with Crippen molar-refractivity contribution in [2.75, 3.05) is 5.32 Å². The minimum absolute atomic E-state index is 0.0701. The van der Waals surface area contributed by atoms with Gasteiger partial charge >= 0.3 is 0 Å². The molecule has 0 aliphatic rings. The van der Waals surface area contributed by atoms with Gasteiger partial charge in [-0.2, -0.15) is 0 Å². The predicted octanol–water partition coefficient (Wildman–Crippen LogP) is 2.43. The Kier molecular flexibility index (Phi) is 4.94. The van der Waals surface area contributed by atoms with Crippen molar-refractivity contribution in [3.63, 3.8) is 0 Å². The van der Waals surface area contributed by atoms with E-state index in [1.54, 1.807) is 12.4 Å². The lowest BCUT2D eigenvalue weighted by molar-refractivity contribution is 0.0939. The highest BCUT2D eigenvalue weighted by molar-refractivity contribution is 5.94. The van der Waals surface area contributed by atoms with Crippen molar-refractivity contribution in [2.45, 2.75) is 46.2 Å². The van der Waals surface area contributed by atoms with Gasteiger partial charge < -0.3 is 10.6 Å². The fourth-order valence-electron chi connectivity index (χ4n) is 1.39. The Hall–Kier alpha value is -1.58. The summed E-state index contributed by atoms with van der Waals surface area (Å²) >= 11 is 0. The standard InChI is InChI=1S/C13H21N3O/c1-5-10(4)16-13(17)11-6-12(8-14-7-11)15-9(2)3/h6-10,15H,5H2,1-4H3,(H,16,17). The van der Waals surface area contributed by atoms with Crippen molar-refractivity contribution in [3.8, 4) is 0 Å². The molecule has 4 nitrogen and oxygen atoms in total. The van der Waals surface area contributed by atoms with Gasteiger partial charge in [-0.15, -0.1) is 0 Å². The molecule has 1 unspecified atom stereocenters. The molecule has 0 aliphatic carbocycles. The van der Waals surface area contributed by atoms with Gasteiger partial charge in [0.05, 0.1) is 11.3 Å². The van der Waals surface area contributed by atoms with Gasteiger partial charge in [-0.3, -0.25) is 9.78 Å². The topological polar surface area (TPSA) is 54.0 Å². The molecular weight excluding hydrogens is 214 g/mol. The van der Waals surface area contributed by atoms with Crippen molar-refractivity contribution >= 4 is 11.6 Å². The van der Waals surface area contributed by atoms with E-state index < -0.39 is 0 Å². The second-order valence-corrected chi connectivity index (χ2v) is 4.54. The van der Waals surface area contributed by atoms with Crippen LogP contribution in [0.5, 0.6) is 0 Å². The third-order valence-electron chi connectivity index (χ3n) is 2.45. The molecule has 0 aromatic carbocycles. The van der Waals surface area contributed by atoms with Gasteiger partial charge in [0.25, 0.3) is 5.91 Å². The maximum atomic E-state index is 11.9. The molecule has 4 heteroatoms. The van der Waals surface area contributed by atoms with E-state index in [9.17, 15) is 4.79 Å². The summed E-state index contributed by atoms with van der Waals surface area (Å²) in [6.07, 6.45) is 4.23. The summed E-state index contributed by atoms with van der Waals surface area (Å²) in [6, 6.07) is 2.33. The Morgan fingerprint density at radius 2 is 2.06 bits per heavy atom. The van der Waals surface area contributed by atoms with Crippen LogP contribution in [0, 0.1) is 0 Å². The number of anilines is 1. The molecule has 17 heavy (non-hydrogen) atoms. The van der Waals surface area contributed by atoms with Crippen LogP contribution in [0.15, 0.2) is 18.5 Å². The molecule has 0 spiro atoms. The van der Waals surface area contributed by atoms with Crippen LogP contribution in [0.4, 0.5) is 5.69 Å². The number of hydrogen-bond donors (Lipinski definition) is 2. The monoisotopic (exact) mass is 235 g/mol. The van der Waals surface area contributed by atoms with Crippen molar-refractivity contribution in [3.05, 3.63) is 24.0 Å². The Morgan fingerprint density at radius 3 is 2.65 bits per heavy atom. The Balaban J connectivity index is 2.73. The molecule has 0 saturated heterocycles. The molecule has 1 aromatic rings. The van der Waals surface area contributed by atoms with E-state index in [-0.39, 0.29) is 11.9 Å². The van der Waals surface area contributed by atoms with E-state index >= 15 is 0 Å². The van der Waals surface area contributed by atoms with Crippen LogP contribution >= 0.6 is 0 Å². The zero-order valence-corrected chi connectivity index (χ0v) is 10.9. The number of aromatic nitrogens is 1. The van der Waals surface area contributed by atoms with Crippen LogP contribution in [-0.4, -0.2) is 23.0 Å². The fraction of sp³-hybridized carbons (Fsp3) is 0.538. The molecule has 0 radical (unpaired) electrons. The summed E-state index contributed by atoms with van der Waals surface area (Å²) in [4.78, 5) is 15.9. The van der Waals surface area contributed by atoms with Crippen LogP contribution < -0.4 is 10.6 Å². The quantitative estimate of drug-likeness (QED) is 0.824. The summed E-state index contributed by atoms with van der Waals surface area (Å²) in [6.45, 7) is 8.12. The van der Waals surface area contributed by atoms with Gasteiger partial charge in [-0.25, -0.2) is 0 Å². The molecule has 1 atom stereocenters. The van der Waals surface area contributed by atoms with Crippen molar-refractivity contribution in [1.82, 2.24) is 10.3 Å². The zero-order chi connectivity index (χ0) is 12.8. The molecule has 1 aromatic heterocycles. The van der Waals surface area contributed by atoms with E-state index in [0.717, 1.165) is 12.1 Å². The van der Waals surface area contributed by atoms with Gasteiger partial charge in [0, 0.05) is 24.5 Å². The number of nitrogens with zero attached hydrogens (tertiary/aromatic N) is 1. The molecule has 2 N–H and O–H groups in total. The predicted molar refractivity (Wildman–Crippen MR) is 70.2 cm³/mol. The number of pyridine rings is 1. The zero-order valence-electron chi connectivity index (χ0n) is 10.9. The molecule has 94 valence electrons. The number of rotatable bonds is 5. The number of hydrogen-bond acceptors (Lipinski definition) is 3. The SMILES string of the molecule is CCC(C)NC(=O)c1cncc(NC(C)C)c1. The van der Waals surface area contributed by atoms with E-state index in [0.29, 0.717) is 11.6 Å². The summed E-state index contributed by atoms with van der Waals surface area (Å²) in [5.41, 5.74) is 1.47. The van der Waals surface area contributed by atoms with Crippen LogP contribution in [0.25, 0.3) is 0 Å². The first-order chi connectivity index (χ1) is 8.02. The Morgan fingerprint density at radius 1 is 1.35 bits per heavy atom. The van der Waals surface area contributed by atoms with Crippen molar-refractivity contribution in [2.24, 2.45) is 0 Å². The number of carbonyl (C=O) groups is 1. The molecule has 1 rings (SSSR count). The third kappa shape index (κ3) is 4.43. The van der Waals surface area contributed by atoms with Crippen LogP contribution in [0.1, 0.15) is 44.5 Å². The maximum absolute atomic E-state index is 11.9. The van der Waals surface area contributed by atoms with E-state index in [1.807, 2.05) is 33.8 Å². The lowest BCUT2D eigenvalue weighted by Crippen LogP contribution is -2.32. The van der Waals surface area contributed by atoms with Crippen LogP contribution in [-0.2, 0) is 0 Å². The maximum Gasteiger partial charge on any atom is 0.253 e. The first-order valence-corrected chi connectivity index (χ1v) is 6.05. The van der Waals surface area contributed by atoms with Gasteiger partial charge in [-0.05, 0) is 33.3 Å². The van der Waals surface area contributed by atoms with Gasteiger partial charge in [0.1, 0.15) is 0 Å². The lowest BCUT2D eigenvalue weighted by Gasteiger charge is -2.13. The second kappa shape index (κ2) is 6.23. The van der Waals surface area contributed by atoms with Gasteiger partial charge in [0.2, 0.25) is 0 Å².